The molecule has 0 saturated carbocycles. The molecule has 1 aromatic carbocycles. The van der Waals surface area contributed by atoms with Gasteiger partial charge in [0.2, 0.25) is 0 Å². The molecule has 2 aromatic rings. The molecule has 4 heteroatoms. The Kier molecular flexibility index (Phi) is 3.06. The predicted molar refractivity (Wildman–Crippen MR) is 58.2 cm³/mol. The summed E-state index contributed by atoms with van der Waals surface area (Å²) in [5.41, 5.74) is -0.0103. The average Bonchev–Trinajstić information content (AvgIpc) is 2.74. The molecule has 1 aromatic heterocycles. The highest BCUT2D eigenvalue weighted by Gasteiger charge is 2.13. The van der Waals surface area contributed by atoms with Gasteiger partial charge in [-0.1, -0.05) is 11.6 Å². The molecule has 0 radical (unpaired) electrons. The van der Waals surface area contributed by atoms with Gasteiger partial charge in [0, 0.05) is 5.02 Å². The molecule has 82 valence electrons. The van der Waals surface area contributed by atoms with E-state index in [1.54, 1.807) is 12.1 Å². The van der Waals surface area contributed by atoms with Crippen LogP contribution in [0.2, 0.25) is 5.02 Å². The van der Waals surface area contributed by atoms with Gasteiger partial charge in [-0.05, 0) is 30.3 Å². The zero-order chi connectivity index (χ0) is 11.5. The molecule has 0 N–H and O–H groups in total. The number of hydrogen-bond donors (Lipinski definition) is 0. The van der Waals surface area contributed by atoms with Gasteiger partial charge in [0.1, 0.15) is 11.6 Å². The molecule has 16 heavy (non-hydrogen) atoms. The molecule has 2 nitrogen and oxygen atoms in total. The topological polar surface area (TPSA) is 30.2 Å². The van der Waals surface area contributed by atoms with Gasteiger partial charge in [-0.25, -0.2) is 4.39 Å². The average molecular weight is 239 g/mol. The summed E-state index contributed by atoms with van der Waals surface area (Å²) in [6, 6.07) is 7.25. The second-order valence-corrected chi connectivity index (χ2v) is 3.74. The molecular formula is C12H8ClFO2. The minimum Gasteiger partial charge on any atom is -0.469 e. The third-order valence-electron chi connectivity index (χ3n) is 2.14. The molecule has 0 unspecified atom stereocenters. The zero-order valence-electron chi connectivity index (χ0n) is 8.24. The number of carbonyl (C=O) groups is 1. The van der Waals surface area contributed by atoms with Gasteiger partial charge in [0.05, 0.1) is 18.2 Å². The van der Waals surface area contributed by atoms with Gasteiger partial charge in [-0.2, -0.15) is 0 Å². The van der Waals surface area contributed by atoms with Crippen molar-refractivity contribution >= 4 is 17.4 Å². The van der Waals surface area contributed by atoms with Crippen LogP contribution >= 0.6 is 11.6 Å². The van der Waals surface area contributed by atoms with E-state index in [0.717, 1.165) is 0 Å². The molecule has 1 heterocycles. The van der Waals surface area contributed by atoms with Crippen LogP contribution in [0.25, 0.3) is 0 Å². The van der Waals surface area contributed by atoms with Crippen molar-refractivity contribution in [3.8, 4) is 0 Å². The van der Waals surface area contributed by atoms with Crippen molar-refractivity contribution in [2.75, 3.05) is 0 Å². The second kappa shape index (κ2) is 4.49. The Morgan fingerprint density at radius 1 is 1.38 bits per heavy atom. The van der Waals surface area contributed by atoms with E-state index in [-0.39, 0.29) is 17.8 Å². The first kappa shape index (κ1) is 10.9. The van der Waals surface area contributed by atoms with Gasteiger partial charge in [-0.3, -0.25) is 4.79 Å². The van der Waals surface area contributed by atoms with Crippen molar-refractivity contribution in [2.24, 2.45) is 0 Å². The van der Waals surface area contributed by atoms with Crippen molar-refractivity contribution in [1.82, 2.24) is 0 Å². The van der Waals surface area contributed by atoms with E-state index in [1.807, 2.05) is 0 Å². The summed E-state index contributed by atoms with van der Waals surface area (Å²) in [6.07, 6.45) is 1.50. The van der Waals surface area contributed by atoms with Crippen LogP contribution in [0.4, 0.5) is 4.39 Å². The largest absolute Gasteiger partial charge is 0.469 e. The third kappa shape index (κ3) is 2.31. The third-order valence-corrected chi connectivity index (χ3v) is 2.38. The number of carbonyl (C=O) groups excluding carboxylic acids is 1. The van der Waals surface area contributed by atoms with E-state index < -0.39 is 5.82 Å². The zero-order valence-corrected chi connectivity index (χ0v) is 9.00. The van der Waals surface area contributed by atoms with Gasteiger partial charge < -0.3 is 4.42 Å². The van der Waals surface area contributed by atoms with Crippen LogP contribution in [-0.4, -0.2) is 5.78 Å². The highest BCUT2D eigenvalue weighted by molar-refractivity contribution is 6.31. The summed E-state index contributed by atoms with van der Waals surface area (Å²) in [5.74, 6) is -0.416. The van der Waals surface area contributed by atoms with Crippen LogP contribution in [0.3, 0.4) is 0 Å². The normalized spacial score (nSPS) is 10.4. The summed E-state index contributed by atoms with van der Waals surface area (Å²) in [7, 11) is 0. The van der Waals surface area contributed by atoms with Crippen molar-refractivity contribution in [2.45, 2.75) is 6.42 Å². The molecule has 0 aliphatic carbocycles. The first-order valence-electron chi connectivity index (χ1n) is 4.67. The van der Waals surface area contributed by atoms with E-state index >= 15 is 0 Å². The number of furan rings is 1. The lowest BCUT2D eigenvalue weighted by Gasteiger charge is -2.01. The van der Waals surface area contributed by atoms with Crippen LogP contribution in [0, 0.1) is 5.82 Å². The molecule has 0 amide bonds. The minimum absolute atomic E-state index is 0.0103. The minimum atomic E-state index is -0.569. The number of hydrogen-bond acceptors (Lipinski definition) is 2. The summed E-state index contributed by atoms with van der Waals surface area (Å²) in [5, 5.41) is 0.337. The van der Waals surface area contributed by atoms with E-state index in [9.17, 15) is 9.18 Å². The van der Waals surface area contributed by atoms with Gasteiger partial charge in [0.25, 0.3) is 0 Å². The number of rotatable bonds is 3. The smallest absolute Gasteiger partial charge is 0.173 e. The first-order chi connectivity index (χ1) is 7.66. The molecule has 0 aliphatic rings. The highest BCUT2D eigenvalue weighted by atomic mass is 35.5. The fourth-order valence-electron chi connectivity index (χ4n) is 1.38. The van der Waals surface area contributed by atoms with E-state index in [1.165, 1.54) is 24.5 Å². The SMILES string of the molecule is O=C(Cc1ccco1)c1cc(Cl)ccc1F. The van der Waals surface area contributed by atoms with Gasteiger partial charge in [0.15, 0.2) is 5.78 Å². The van der Waals surface area contributed by atoms with Crippen molar-refractivity contribution < 1.29 is 13.6 Å². The Balaban J connectivity index is 2.24. The van der Waals surface area contributed by atoms with Crippen LogP contribution in [0.1, 0.15) is 16.1 Å². The summed E-state index contributed by atoms with van der Waals surface area (Å²) in [4.78, 5) is 11.7. The maximum Gasteiger partial charge on any atom is 0.173 e. The van der Waals surface area contributed by atoms with E-state index in [0.29, 0.717) is 10.8 Å². The van der Waals surface area contributed by atoms with E-state index in [2.05, 4.69) is 0 Å². The van der Waals surface area contributed by atoms with Crippen LogP contribution in [0.5, 0.6) is 0 Å². The lowest BCUT2D eigenvalue weighted by molar-refractivity contribution is 0.0983. The standard InChI is InChI=1S/C12H8ClFO2/c13-8-3-4-11(14)10(6-8)12(15)7-9-2-1-5-16-9/h1-6H,7H2. The fraction of sp³-hybridized carbons (Fsp3) is 0.0833. The Bertz CT molecular complexity index is 506. The lowest BCUT2D eigenvalue weighted by atomic mass is 10.1. The maximum atomic E-state index is 13.3. The number of Topliss-reactive ketones (excluding diaryl/α,β-unsaturated/α-hetero) is 1. The highest BCUT2D eigenvalue weighted by Crippen LogP contribution is 2.17. The van der Waals surface area contributed by atoms with Crippen molar-refractivity contribution in [3.63, 3.8) is 0 Å². The Labute approximate surface area is 96.6 Å². The van der Waals surface area contributed by atoms with E-state index in [4.69, 9.17) is 16.0 Å². The summed E-state index contributed by atoms with van der Waals surface area (Å²) < 4.78 is 18.4. The van der Waals surface area contributed by atoms with Gasteiger partial charge >= 0.3 is 0 Å². The van der Waals surface area contributed by atoms with Gasteiger partial charge in [-0.15, -0.1) is 0 Å². The molecule has 0 atom stereocenters. The quantitative estimate of drug-likeness (QED) is 0.766. The van der Waals surface area contributed by atoms with Crippen molar-refractivity contribution in [3.05, 3.63) is 58.8 Å². The maximum absolute atomic E-state index is 13.3. The lowest BCUT2D eigenvalue weighted by Crippen LogP contribution is -2.05. The predicted octanol–water partition coefficient (Wildman–Crippen LogP) is 3.50. The van der Waals surface area contributed by atoms with Crippen molar-refractivity contribution in [1.29, 1.82) is 0 Å². The Morgan fingerprint density at radius 3 is 2.88 bits per heavy atom. The monoisotopic (exact) mass is 238 g/mol. The molecule has 2 rings (SSSR count). The molecule has 0 bridgehead atoms. The Hall–Kier alpha value is -1.61. The molecule has 0 fully saturated rings. The fourth-order valence-corrected chi connectivity index (χ4v) is 1.55. The molecule has 0 aliphatic heterocycles. The second-order valence-electron chi connectivity index (χ2n) is 3.30. The summed E-state index contributed by atoms with van der Waals surface area (Å²) in [6.45, 7) is 0. The Morgan fingerprint density at radius 2 is 2.19 bits per heavy atom. The summed E-state index contributed by atoms with van der Waals surface area (Å²) >= 11 is 5.70. The van der Waals surface area contributed by atoms with Crippen LogP contribution in [-0.2, 0) is 6.42 Å². The molecule has 0 spiro atoms. The van der Waals surface area contributed by atoms with Crippen LogP contribution in [0.15, 0.2) is 41.0 Å². The number of ketones is 1. The van der Waals surface area contributed by atoms with Crippen LogP contribution < -0.4 is 0 Å². The first-order valence-corrected chi connectivity index (χ1v) is 5.05. The number of benzene rings is 1. The molecule has 0 saturated heterocycles. The molecular weight excluding hydrogens is 231 g/mol. The number of halogens is 2.